The van der Waals surface area contributed by atoms with Gasteiger partial charge < -0.3 is 5.11 Å². The average Bonchev–Trinajstić information content (AvgIpc) is 2.58. The molecule has 0 spiro atoms. The molecule has 0 atom stereocenters. The Morgan fingerprint density at radius 2 is 1.68 bits per heavy atom. The zero-order chi connectivity index (χ0) is 14.0. The van der Waals surface area contributed by atoms with Gasteiger partial charge in [-0.3, -0.25) is 9.13 Å². The number of hydrogen-bond donors (Lipinski definition) is 1. The van der Waals surface area contributed by atoms with Gasteiger partial charge in [0.15, 0.2) is 0 Å². The fourth-order valence-electron chi connectivity index (χ4n) is 2.39. The molecule has 0 bridgehead atoms. The minimum Gasteiger partial charge on any atom is -0.508 e. The number of benzene rings is 1. The molecule has 4 nitrogen and oxygen atoms in total. The van der Waals surface area contributed by atoms with Crippen LogP contribution < -0.4 is 5.69 Å². The number of aromatic hydroxyl groups is 1. The second-order valence-corrected chi connectivity index (χ2v) is 4.95. The van der Waals surface area contributed by atoms with Crippen molar-refractivity contribution in [3.63, 3.8) is 0 Å². The Balaban J connectivity index is 2.02. The maximum absolute atomic E-state index is 11.8. The smallest absolute Gasteiger partial charge is 0.328 e. The number of nitrogens with zero attached hydrogens (tertiary/aromatic N) is 2. The van der Waals surface area contributed by atoms with Gasteiger partial charge in [0, 0.05) is 25.5 Å². The van der Waals surface area contributed by atoms with Crippen LogP contribution in [0.2, 0.25) is 0 Å². The molecule has 0 saturated heterocycles. The van der Waals surface area contributed by atoms with Gasteiger partial charge in [0.1, 0.15) is 5.75 Å². The average molecular weight is 260 g/mol. The molecule has 1 aromatic heterocycles. The van der Waals surface area contributed by atoms with Crippen LogP contribution >= 0.6 is 0 Å². The highest BCUT2D eigenvalue weighted by Crippen LogP contribution is 2.13. The molecule has 0 amide bonds. The quantitative estimate of drug-likeness (QED) is 0.913. The molecule has 0 aliphatic carbocycles. The van der Waals surface area contributed by atoms with Gasteiger partial charge in [-0.1, -0.05) is 12.1 Å². The normalized spacial score (nSPS) is 10.9. The van der Waals surface area contributed by atoms with E-state index in [1.54, 1.807) is 28.3 Å². The molecule has 0 radical (unpaired) electrons. The van der Waals surface area contributed by atoms with Gasteiger partial charge in [-0.05, 0) is 43.9 Å². The van der Waals surface area contributed by atoms with Crippen LogP contribution in [0.25, 0.3) is 0 Å². The predicted molar refractivity (Wildman–Crippen MR) is 75.5 cm³/mol. The summed E-state index contributed by atoms with van der Waals surface area (Å²) >= 11 is 0. The molecular weight excluding hydrogens is 240 g/mol. The van der Waals surface area contributed by atoms with Crippen LogP contribution in [0.1, 0.15) is 23.4 Å². The molecule has 0 unspecified atom stereocenters. The first-order chi connectivity index (χ1) is 9.00. The van der Waals surface area contributed by atoms with Gasteiger partial charge >= 0.3 is 5.69 Å². The number of rotatable bonds is 4. The van der Waals surface area contributed by atoms with Crippen LogP contribution in [0.4, 0.5) is 0 Å². The Morgan fingerprint density at radius 3 is 2.21 bits per heavy atom. The molecule has 19 heavy (non-hydrogen) atoms. The van der Waals surface area contributed by atoms with E-state index < -0.39 is 0 Å². The lowest BCUT2D eigenvalue weighted by molar-refractivity contribution is 0.475. The first kappa shape index (κ1) is 13.5. The highest BCUT2D eigenvalue weighted by Gasteiger charge is 2.10. The molecule has 2 rings (SSSR count). The second kappa shape index (κ2) is 5.34. The number of aryl methyl sites for hydroxylation is 1. The monoisotopic (exact) mass is 260 g/mol. The number of imidazole rings is 1. The minimum atomic E-state index is 0.0390. The van der Waals surface area contributed by atoms with Crippen LogP contribution in [-0.4, -0.2) is 14.2 Å². The van der Waals surface area contributed by atoms with Crippen molar-refractivity contribution in [2.75, 3.05) is 0 Å². The van der Waals surface area contributed by atoms with E-state index in [9.17, 15) is 9.90 Å². The van der Waals surface area contributed by atoms with Gasteiger partial charge in [-0.25, -0.2) is 4.79 Å². The maximum Gasteiger partial charge on any atom is 0.328 e. The van der Waals surface area contributed by atoms with E-state index >= 15 is 0 Å². The van der Waals surface area contributed by atoms with Crippen LogP contribution in [0.15, 0.2) is 29.1 Å². The van der Waals surface area contributed by atoms with Crippen molar-refractivity contribution in [3.05, 3.63) is 51.7 Å². The first-order valence-corrected chi connectivity index (χ1v) is 6.50. The van der Waals surface area contributed by atoms with Crippen LogP contribution in [-0.2, 0) is 26.9 Å². The predicted octanol–water partition coefficient (Wildman–Crippen LogP) is 1.91. The maximum atomic E-state index is 11.8. The third-order valence-electron chi connectivity index (χ3n) is 3.71. The zero-order valence-corrected chi connectivity index (χ0v) is 11.7. The zero-order valence-electron chi connectivity index (χ0n) is 11.7. The Bertz CT molecular complexity index is 621. The number of aromatic nitrogens is 2. The molecule has 2 aromatic rings. The molecule has 0 saturated carbocycles. The molecule has 1 N–H and O–H groups in total. The molecule has 0 aliphatic heterocycles. The number of phenolic OH excluding ortho intramolecular Hbond substituents is 1. The molecule has 1 heterocycles. The van der Waals surface area contributed by atoms with Crippen molar-refractivity contribution in [3.8, 4) is 5.75 Å². The van der Waals surface area contributed by atoms with E-state index in [1.165, 1.54) is 5.56 Å². The standard InChI is InChI=1S/C15H20N2O2/c1-11-14(17(3)15(19)16(11)2)6-4-5-12-7-9-13(18)10-8-12/h7-10,18H,4-6H2,1-3H3. The van der Waals surface area contributed by atoms with Gasteiger partial charge in [-0.15, -0.1) is 0 Å². The summed E-state index contributed by atoms with van der Waals surface area (Å²) in [5.41, 5.74) is 3.39. The summed E-state index contributed by atoms with van der Waals surface area (Å²) in [7, 11) is 3.63. The molecule has 0 fully saturated rings. The van der Waals surface area contributed by atoms with E-state index in [2.05, 4.69) is 0 Å². The molecule has 1 aromatic carbocycles. The fourth-order valence-corrected chi connectivity index (χ4v) is 2.39. The van der Waals surface area contributed by atoms with Crippen molar-refractivity contribution < 1.29 is 5.11 Å². The highest BCUT2D eigenvalue weighted by atomic mass is 16.3. The van der Waals surface area contributed by atoms with Crippen LogP contribution in [0.3, 0.4) is 0 Å². The lowest BCUT2D eigenvalue weighted by Crippen LogP contribution is -2.20. The van der Waals surface area contributed by atoms with Crippen LogP contribution in [0, 0.1) is 6.92 Å². The summed E-state index contributed by atoms with van der Waals surface area (Å²) in [6.45, 7) is 1.98. The van der Waals surface area contributed by atoms with Gasteiger partial charge in [-0.2, -0.15) is 0 Å². The Kier molecular flexibility index (Phi) is 3.79. The summed E-state index contributed by atoms with van der Waals surface area (Å²) in [6.07, 6.45) is 2.82. The van der Waals surface area contributed by atoms with Crippen molar-refractivity contribution >= 4 is 0 Å². The summed E-state index contributed by atoms with van der Waals surface area (Å²) in [5.74, 6) is 0.296. The van der Waals surface area contributed by atoms with Crippen molar-refractivity contribution in [1.82, 2.24) is 9.13 Å². The second-order valence-electron chi connectivity index (χ2n) is 4.95. The highest BCUT2D eigenvalue weighted by molar-refractivity contribution is 5.26. The van der Waals surface area contributed by atoms with E-state index in [-0.39, 0.29) is 5.69 Å². The van der Waals surface area contributed by atoms with E-state index in [1.807, 2.05) is 26.1 Å². The fraction of sp³-hybridized carbons (Fsp3) is 0.400. The molecular formula is C15H20N2O2. The lowest BCUT2D eigenvalue weighted by Gasteiger charge is -2.04. The number of hydrogen-bond acceptors (Lipinski definition) is 2. The van der Waals surface area contributed by atoms with Crippen molar-refractivity contribution in [1.29, 1.82) is 0 Å². The number of phenols is 1. The Labute approximate surface area is 112 Å². The summed E-state index contributed by atoms with van der Waals surface area (Å²) in [4.78, 5) is 11.8. The Hall–Kier alpha value is -1.97. The SMILES string of the molecule is Cc1c(CCCc2ccc(O)cc2)n(C)c(=O)n1C. The van der Waals surface area contributed by atoms with Crippen LogP contribution in [0.5, 0.6) is 5.75 Å². The summed E-state index contributed by atoms with van der Waals surface area (Å²) < 4.78 is 3.42. The topological polar surface area (TPSA) is 47.2 Å². The van der Waals surface area contributed by atoms with E-state index in [0.29, 0.717) is 5.75 Å². The third-order valence-corrected chi connectivity index (χ3v) is 3.71. The molecule has 4 heteroatoms. The van der Waals surface area contributed by atoms with Gasteiger partial charge in [0.25, 0.3) is 0 Å². The Morgan fingerprint density at radius 1 is 1.05 bits per heavy atom. The van der Waals surface area contributed by atoms with Crippen molar-refractivity contribution in [2.45, 2.75) is 26.2 Å². The van der Waals surface area contributed by atoms with E-state index in [0.717, 1.165) is 30.7 Å². The van der Waals surface area contributed by atoms with Crippen molar-refractivity contribution in [2.24, 2.45) is 14.1 Å². The largest absolute Gasteiger partial charge is 0.508 e. The van der Waals surface area contributed by atoms with Gasteiger partial charge in [0.05, 0.1) is 0 Å². The third kappa shape index (κ3) is 2.72. The summed E-state index contributed by atoms with van der Waals surface area (Å²) in [5, 5.41) is 9.23. The van der Waals surface area contributed by atoms with E-state index in [4.69, 9.17) is 0 Å². The minimum absolute atomic E-state index is 0.0390. The lowest BCUT2D eigenvalue weighted by atomic mass is 10.1. The first-order valence-electron chi connectivity index (χ1n) is 6.50. The summed E-state index contributed by atoms with van der Waals surface area (Å²) in [6, 6.07) is 7.29. The van der Waals surface area contributed by atoms with Gasteiger partial charge in [0.2, 0.25) is 0 Å². The molecule has 0 aliphatic rings. The molecule has 102 valence electrons.